The molecule has 0 saturated heterocycles. The quantitative estimate of drug-likeness (QED) is 0.619. The Morgan fingerprint density at radius 3 is 2.07 bits per heavy atom. The minimum absolute atomic E-state index is 0.00395. The van der Waals surface area contributed by atoms with Crippen molar-refractivity contribution in [1.29, 1.82) is 0 Å². The van der Waals surface area contributed by atoms with Crippen LogP contribution in [-0.4, -0.2) is 18.3 Å². The van der Waals surface area contributed by atoms with Crippen LogP contribution in [0.5, 0.6) is 5.75 Å². The molecule has 27 heavy (non-hydrogen) atoms. The highest BCUT2D eigenvalue weighted by molar-refractivity contribution is 6.04. The smallest absolute Gasteiger partial charge is 0.255 e. The van der Waals surface area contributed by atoms with E-state index in [2.05, 4.69) is 17.4 Å². The topological polar surface area (TPSA) is 55.4 Å². The molecule has 0 saturated carbocycles. The van der Waals surface area contributed by atoms with E-state index in [0.717, 1.165) is 12.2 Å². The van der Waals surface area contributed by atoms with Crippen LogP contribution in [0.15, 0.2) is 78.9 Å². The molecule has 0 heterocycles. The molecule has 3 aromatic carbocycles. The maximum absolute atomic E-state index is 12.3. The highest BCUT2D eigenvalue weighted by atomic mass is 16.5. The lowest BCUT2D eigenvalue weighted by atomic mass is 10.1. The van der Waals surface area contributed by atoms with Gasteiger partial charge in [-0.3, -0.25) is 9.59 Å². The molecule has 4 nitrogen and oxygen atoms in total. The zero-order valence-corrected chi connectivity index (χ0v) is 15.1. The average molecular weight is 359 g/mol. The zero-order chi connectivity index (χ0) is 19.1. The van der Waals surface area contributed by atoms with Gasteiger partial charge in [0.15, 0.2) is 5.78 Å². The molecule has 4 heteroatoms. The Bertz CT molecular complexity index is 901. The number of benzene rings is 3. The second kappa shape index (κ2) is 8.81. The molecular weight excluding hydrogens is 338 g/mol. The summed E-state index contributed by atoms with van der Waals surface area (Å²) in [6, 6.07) is 24.0. The highest BCUT2D eigenvalue weighted by Gasteiger charge is 2.07. The summed E-state index contributed by atoms with van der Waals surface area (Å²) in [6.45, 7) is 2.09. The number of rotatable bonds is 7. The summed E-state index contributed by atoms with van der Waals surface area (Å²) < 4.78 is 5.73. The monoisotopic (exact) mass is 359 g/mol. The van der Waals surface area contributed by atoms with E-state index in [9.17, 15) is 9.59 Å². The van der Waals surface area contributed by atoms with E-state index in [-0.39, 0.29) is 11.7 Å². The van der Waals surface area contributed by atoms with Crippen LogP contribution in [0.2, 0.25) is 0 Å². The van der Waals surface area contributed by atoms with Crippen molar-refractivity contribution in [1.82, 2.24) is 0 Å². The standard InChI is InChI=1S/C23H21NO3/c1-17(25)19-7-11-21(12-8-19)24-23(26)20-9-13-22(14-10-20)27-16-15-18-5-3-2-4-6-18/h2-14H,15-16H2,1H3,(H,24,26). The van der Waals surface area contributed by atoms with Crippen molar-refractivity contribution in [2.24, 2.45) is 0 Å². The van der Waals surface area contributed by atoms with E-state index in [1.807, 2.05) is 18.2 Å². The Labute approximate surface area is 158 Å². The summed E-state index contributed by atoms with van der Waals surface area (Å²) in [6.07, 6.45) is 0.833. The van der Waals surface area contributed by atoms with E-state index >= 15 is 0 Å². The largest absolute Gasteiger partial charge is 0.493 e. The molecule has 0 aliphatic rings. The molecule has 1 amide bonds. The molecule has 0 aliphatic carbocycles. The Hall–Kier alpha value is -3.40. The lowest BCUT2D eigenvalue weighted by Crippen LogP contribution is -2.12. The third kappa shape index (κ3) is 5.28. The fourth-order valence-corrected chi connectivity index (χ4v) is 2.63. The highest BCUT2D eigenvalue weighted by Crippen LogP contribution is 2.15. The number of hydrogen-bond acceptors (Lipinski definition) is 3. The summed E-state index contributed by atoms with van der Waals surface area (Å²) in [5.74, 6) is 0.519. The van der Waals surface area contributed by atoms with Gasteiger partial charge in [-0.15, -0.1) is 0 Å². The number of ketones is 1. The van der Waals surface area contributed by atoms with Crippen LogP contribution >= 0.6 is 0 Å². The maximum Gasteiger partial charge on any atom is 0.255 e. The molecule has 0 bridgehead atoms. The summed E-state index contributed by atoms with van der Waals surface area (Å²) in [4.78, 5) is 23.6. The van der Waals surface area contributed by atoms with Gasteiger partial charge in [0.1, 0.15) is 5.75 Å². The van der Waals surface area contributed by atoms with Crippen LogP contribution in [0.3, 0.4) is 0 Å². The van der Waals surface area contributed by atoms with Gasteiger partial charge in [0.25, 0.3) is 5.91 Å². The number of Topliss-reactive ketones (excluding diaryl/α,β-unsaturated/α-hetero) is 1. The van der Waals surface area contributed by atoms with Crippen molar-refractivity contribution in [2.45, 2.75) is 13.3 Å². The predicted molar refractivity (Wildman–Crippen MR) is 106 cm³/mol. The first-order chi connectivity index (χ1) is 13.1. The van der Waals surface area contributed by atoms with Gasteiger partial charge in [0, 0.05) is 23.2 Å². The molecule has 0 radical (unpaired) electrons. The number of nitrogens with one attached hydrogen (secondary N) is 1. The van der Waals surface area contributed by atoms with E-state index in [0.29, 0.717) is 23.4 Å². The van der Waals surface area contributed by atoms with Crippen LogP contribution in [0.1, 0.15) is 33.2 Å². The van der Waals surface area contributed by atoms with Gasteiger partial charge >= 0.3 is 0 Å². The molecule has 0 spiro atoms. The number of amides is 1. The fourth-order valence-electron chi connectivity index (χ4n) is 2.63. The number of anilines is 1. The zero-order valence-electron chi connectivity index (χ0n) is 15.1. The Kier molecular flexibility index (Phi) is 6.00. The lowest BCUT2D eigenvalue weighted by molar-refractivity contribution is 0.101. The summed E-state index contributed by atoms with van der Waals surface area (Å²) >= 11 is 0. The molecule has 0 fully saturated rings. The summed E-state index contributed by atoms with van der Waals surface area (Å²) in [5.41, 5.74) is 3.03. The third-order valence-electron chi connectivity index (χ3n) is 4.17. The summed E-state index contributed by atoms with van der Waals surface area (Å²) in [5, 5.41) is 2.82. The van der Waals surface area contributed by atoms with Gasteiger partial charge in [-0.1, -0.05) is 30.3 Å². The summed E-state index contributed by atoms with van der Waals surface area (Å²) in [7, 11) is 0. The van der Waals surface area contributed by atoms with Crippen molar-refractivity contribution in [3.8, 4) is 5.75 Å². The van der Waals surface area contributed by atoms with Gasteiger partial charge in [-0.25, -0.2) is 0 Å². The van der Waals surface area contributed by atoms with Crippen LogP contribution in [-0.2, 0) is 6.42 Å². The Morgan fingerprint density at radius 1 is 0.815 bits per heavy atom. The Morgan fingerprint density at radius 2 is 1.44 bits per heavy atom. The number of ether oxygens (including phenoxy) is 1. The van der Waals surface area contributed by atoms with Crippen molar-refractivity contribution in [3.63, 3.8) is 0 Å². The third-order valence-corrected chi connectivity index (χ3v) is 4.17. The Balaban J connectivity index is 1.53. The molecular formula is C23H21NO3. The van der Waals surface area contributed by atoms with Gasteiger partial charge in [-0.05, 0) is 61.0 Å². The van der Waals surface area contributed by atoms with Crippen molar-refractivity contribution >= 4 is 17.4 Å². The van der Waals surface area contributed by atoms with Crippen LogP contribution < -0.4 is 10.1 Å². The maximum atomic E-state index is 12.3. The van der Waals surface area contributed by atoms with Crippen LogP contribution in [0, 0.1) is 0 Å². The molecule has 0 aromatic heterocycles. The van der Waals surface area contributed by atoms with E-state index in [1.165, 1.54) is 12.5 Å². The SMILES string of the molecule is CC(=O)c1ccc(NC(=O)c2ccc(OCCc3ccccc3)cc2)cc1. The predicted octanol–water partition coefficient (Wildman–Crippen LogP) is 4.76. The van der Waals surface area contributed by atoms with Crippen LogP contribution in [0.4, 0.5) is 5.69 Å². The minimum Gasteiger partial charge on any atom is -0.493 e. The minimum atomic E-state index is -0.207. The van der Waals surface area contributed by atoms with Crippen molar-refractivity contribution < 1.29 is 14.3 Å². The van der Waals surface area contributed by atoms with Gasteiger partial charge in [0.05, 0.1) is 6.61 Å². The van der Waals surface area contributed by atoms with E-state index in [1.54, 1.807) is 48.5 Å². The van der Waals surface area contributed by atoms with Gasteiger partial charge in [0.2, 0.25) is 0 Å². The second-order valence-corrected chi connectivity index (χ2v) is 6.20. The number of carbonyl (C=O) groups is 2. The molecule has 3 aromatic rings. The molecule has 0 unspecified atom stereocenters. The first-order valence-electron chi connectivity index (χ1n) is 8.81. The number of carbonyl (C=O) groups excluding carboxylic acids is 2. The molecule has 0 aliphatic heterocycles. The molecule has 0 atom stereocenters. The van der Waals surface area contributed by atoms with Crippen molar-refractivity contribution in [3.05, 3.63) is 95.6 Å². The first kappa shape index (κ1) is 18.4. The normalized spacial score (nSPS) is 10.3. The number of hydrogen-bond donors (Lipinski definition) is 1. The molecule has 136 valence electrons. The second-order valence-electron chi connectivity index (χ2n) is 6.20. The molecule has 3 rings (SSSR count). The van der Waals surface area contributed by atoms with Crippen LogP contribution in [0.25, 0.3) is 0 Å². The molecule has 1 N–H and O–H groups in total. The first-order valence-corrected chi connectivity index (χ1v) is 8.81. The fraction of sp³-hybridized carbons (Fsp3) is 0.130. The van der Waals surface area contributed by atoms with E-state index < -0.39 is 0 Å². The van der Waals surface area contributed by atoms with E-state index in [4.69, 9.17) is 4.74 Å². The lowest BCUT2D eigenvalue weighted by Gasteiger charge is -2.08. The van der Waals surface area contributed by atoms with Crippen molar-refractivity contribution in [2.75, 3.05) is 11.9 Å². The van der Waals surface area contributed by atoms with Gasteiger partial charge in [-0.2, -0.15) is 0 Å². The van der Waals surface area contributed by atoms with Gasteiger partial charge < -0.3 is 10.1 Å². The average Bonchev–Trinajstić information content (AvgIpc) is 2.70.